The second-order valence-electron chi connectivity index (χ2n) is 9.16. The van der Waals surface area contributed by atoms with Crippen molar-refractivity contribution in [1.29, 1.82) is 0 Å². The molecule has 2 aliphatic carbocycles. The molecule has 0 heterocycles. The van der Waals surface area contributed by atoms with Gasteiger partial charge in [0.05, 0.1) is 0 Å². The Hall–Kier alpha value is -2.16. The Morgan fingerprint density at radius 2 is 1.78 bits per heavy atom. The normalized spacial score (nSPS) is 31.2. The molecule has 2 aromatic rings. The van der Waals surface area contributed by atoms with E-state index in [0.29, 0.717) is 5.92 Å². The maximum Gasteiger partial charge on any atom is 0.313 e. The molecule has 0 aromatic heterocycles. The molecule has 0 saturated heterocycles. The van der Waals surface area contributed by atoms with Crippen LogP contribution in [-0.4, -0.2) is 17.9 Å². The van der Waals surface area contributed by atoms with Crippen LogP contribution in [-0.2, 0) is 14.3 Å². The van der Waals surface area contributed by atoms with E-state index >= 15 is 0 Å². The summed E-state index contributed by atoms with van der Waals surface area (Å²) in [4.78, 5) is 23.8. The first-order valence-electron chi connectivity index (χ1n) is 9.92. The van der Waals surface area contributed by atoms with Crippen molar-refractivity contribution in [3.63, 3.8) is 0 Å². The van der Waals surface area contributed by atoms with Crippen LogP contribution in [0.5, 0.6) is 0 Å². The number of carbonyl (C=O) groups excluding carboxylic acids is 2. The van der Waals surface area contributed by atoms with Crippen LogP contribution in [0.25, 0.3) is 10.8 Å². The highest BCUT2D eigenvalue weighted by molar-refractivity contribution is 5.94. The number of ketones is 1. The third-order valence-corrected chi connectivity index (χ3v) is 7.60. The van der Waals surface area contributed by atoms with Gasteiger partial charge in [-0.25, -0.2) is 0 Å². The minimum atomic E-state index is -0.385. The molecule has 0 aliphatic heterocycles. The van der Waals surface area contributed by atoms with Gasteiger partial charge in [-0.1, -0.05) is 63.2 Å². The van der Waals surface area contributed by atoms with Crippen LogP contribution in [0, 0.1) is 16.7 Å². The quantitative estimate of drug-likeness (QED) is 0.548. The van der Waals surface area contributed by atoms with Gasteiger partial charge in [-0.3, -0.25) is 9.59 Å². The van der Waals surface area contributed by atoms with E-state index in [1.54, 1.807) is 0 Å². The van der Waals surface area contributed by atoms with Crippen LogP contribution in [0.2, 0.25) is 0 Å². The summed E-state index contributed by atoms with van der Waals surface area (Å²) in [5.74, 6) is -0.0596. The fraction of sp³-hybridized carbons (Fsp3) is 0.500. The summed E-state index contributed by atoms with van der Waals surface area (Å²) in [6.07, 6.45) is 1.90. The van der Waals surface area contributed by atoms with E-state index in [9.17, 15) is 9.59 Å². The Bertz CT molecular complexity index is 907. The lowest BCUT2D eigenvalue weighted by Gasteiger charge is -2.40. The van der Waals surface area contributed by atoms with Crippen molar-refractivity contribution in [1.82, 2.24) is 0 Å². The lowest BCUT2D eigenvalue weighted by atomic mass is 9.64. The summed E-state index contributed by atoms with van der Waals surface area (Å²) in [6.45, 7) is 8.44. The monoisotopic (exact) mass is 364 g/mol. The smallest absolute Gasteiger partial charge is 0.313 e. The fourth-order valence-electron chi connectivity index (χ4n) is 5.88. The van der Waals surface area contributed by atoms with Crippen molar-refractivity contribution in [3.8, 4) is 0 Å². The Morgan fingerprint density at radius 1 is 1.07 bits per heavy atom. The summed E-state index contributed by atoms with van der Waals surface area (Å²) in [6, 6.07) is 14.9. The van der Waals surface area contributed by atoms with E-state index in [0.717, 1.165) is 12.8 Å². The van der Waals surface area contributed by atoms with Crippen LogP contribution < -0.4 is 0 Å². The van der Waals surface area contributed by atoms with Crippen molar-refractivity contribution < 1.29 is 14.3 Å². The molecule has 0 N–H and O–H groups in total. The van der Waals surface area contributed by atoms with Crippen LogP contribution in [0.4, 0.5) is 0 Å². The number of Topliss-reactive ketones (excluding diaryl/α,β-unsaturated/α-hetero) is 1. The second-order valence-corrected chi connectivity index (χ2v) is 9.16. The van der Waals surface area contributed by atoms with E-state index in [4.69, 9.17) is 4.74 Å². The van der Waals surface area contributed by atoms with Gasteiger partial charge in [0.2, 0.25) is 0 Å². The summed E-state index contributed by atoms with van der Waals surface area (Å²) in [5, 5.41) is 2.45. The predicted octanol–water partition coefficient (Wildman–Crippen LogP) is 5.27. The Morgan fingerprint density at radius 3 is 2.52 bits per heavy atom. The molecular formula is C24H28O3. The molecule has 3 heteroatoms. The summed E-state index contributed by atoms with van der Waals surface area (Å²) >= 11 is 0. The zero-order chi connectivity index (χ0) is 19.4. The first kappa shape index (κ1) is 18.2. The van der Waals surface area contributed by atoms with Crippen molar-refractivity contribution in [2.24, 2.45) is 16.7 Å². The molecule has 27 heavy (non-hydrogen) atoms. The molecule has 0 unspecified atom stereocenters. The number of hydrogen-bond acceptors (Lipinski definition) is 3. The van der Waals surface area contributed by atoms with E-state index in [1.807, 2.05) is 0 Å². The van der Waals surface area contributed by atoms with Gasteiger partial charge in [0, 0.05) is 11.8 Å². The number of esters is 1. The Balaban J connectivity index is 1.82. The highest BCUT2D eigenvalue weighted by Crippen LogP contribution is 2.71. The Labute approximate surface area is 161 Å². The summed E-state index contributed by atoms with van der Waals surface area (Å²) in [7, 11) is 0. The van der Waals surface area contributed by atoms with Crippen molar-refractivity contribution >= 4 is 22.5 Å². The maximum atomic E-state index is 12.4. The van der Waals surface area contributed by atoms with E-state index in [1.165, 1.54) is 23.3 Å². The minimum absolute atomic E-state index is 0.0585. The molecule has 4 atom stereocenters. The molecule has 2 aliphatic rings. The van der Waals surface area contributed by atoms with Gasteiger partial charge in [0.25, 0.3) is 0 Å². The third kappa shape index (κ3) is 2.62. The molecule has 2 saturated carbocycles. The molecule has 0 spiro atoms. The second kappa shape index (κ2) is 6.19. The fourth-order valence-corrected chi connectivity index (χ4v) is 5.88. The maximum absolute atomic E-state index is 12.4. The zero-order valence-corrected chi connectivity index (χ0v) is 16.6. The highest BCUT2D eigenvalue weighted by Gasteiger charge is 2.67. The lowest BCUT2D eigenvalue weighted by molar-refractivity contribution is -0.154. The highest BCUT2D eigenvalue weighted by atomic mass is 16.5. The first-order chi connectivity index (χ1) is 12.8. The molecular weight excluding hydrogens is 336 g/mol. The molecule has 3 nitrogen and oxygen atoms in total. The van der Waals surface area contributed by atoms with Crippen LogP contribution in [0.1, 0.15) is 58.4 Å². The van der Waals surface area contributed by atoms with Crippen LogP contribution >= 0.6 is 0 Å². The van der Waals surface area contributed by atoms with Crippen molar-refractivity contribution in [3.05, 3.63) is 48.0 Å². The summed E-state index contributed by atoms with van der Waals surface area (Å²) < 4.78 is 6.01. The van der Waals surface area contributed by atoms with Crippen molar-refractivity contribution in [2.75, 3.05) is 0 Å². The number of fused-ring (bicyclic) bond motifs is 3. The van der Waals surface area contributed by atoms with Gasteiger partial charge in [-0.15, -0.1) is 0 Å². The van der Waals surface area contributed by atoms with Gasteiger partial charge < -0.3 is 4.74 Å². The average Bonchev–Trinajstić information content (AvgIpc) is 2.92. The number of benzene rings is 2. The molecule has 0 radical (unpaired) electrons. The lowest BCUT2D eigenvalue weighted by Crippen LogP contribution is -2.35. The molecule has 0 amide bonds. The van der Waals surface area contributed by atoms with Gasteiger partial charge in [0.1, 0.15) is 18.3 Å². The molecule has 4 rings (SSSR count). The number of ether oxygens (including phenoxy) is 1. The average molecular weight is 364 g/mol. The molecule has 2 fully saturated rings. The van der Waals surface area contributed by atoms with E-state index in [-0.39, 0.29) is 41.0 Å². The third-order valence-electron chi connectivity index (χ3n) is 7.60. The molecule has 2 bridgehead atoms. The van der Waals surface area contributed by atoms with Gasteiger partial charge in [-0.2, -0.15) is 0 Å². The van der Waals surface area contributed by atoms with Crippen molar-refractivity contribution in [2.45, 2.75) is 59.0 Å². The minimum Gasteiger partial charge on any atom is -0.461 e. The Kier molecular flexibility index (Phi) is 4.17. The standard InChI is InChI=1S/C24H28O3/c1-15(25)14-20(26)27-22-19-12-13-24(4,23(19,2)3)21(22)18-11-7-9-16-8-5-6-10-17(16)18/h5-11,19,21-22H,12-14H2,1-4H3/t19-,21-,22-,24+/m1/s1. The number of hydrogen-bond donors (Lipinski definition) is 0. The van der Waals surface area contributed by atoms with E-state index < -0.39 is 0 Å². The molecule has 2 aromatic carbocycles. The predicted molar refractivity (Wildman–Crippen MR) is 106 cm³/mol. The van der Waals surface area contributed by atoms with Crippen LogP contribution in [0.3, 0.4) is 0 Å². The number of rotatable bonds is 4. The zero-order valence-electron chi connectivity index (χ0n) is 16.6. The largest absolute Gasteiger partial charge is 0.461 e. The summed E-state index contributed by atoms with van der Waals surface area (Å²) in [5.41, 5.74) is 1.41. The van der Waals surface area contributed by atoms with Gasteiger partial charge in [0.15, 0.2) is 0 Å². The topological polar surface area (TPSA) is 43.4 Å². The van der Waals surface area contributed by atoms with Crippen LogP contribution in [0.15, 0.2) is 42.5 Å². The van der Waals surface area contributed by atoms with Gasteiger partial charge >= 0.3 is 5.97 Å². The SMILES string of the molecule is CC(=O)CC(=O)O[C@@H]1[C@H]2CC[C@@](C)([C@@H]1c1cccc3ccccc13)C2(C)C. The number of carbonyl (C=O) groups is 2. The van der Waals surface area contributed by atoms with E-state index in [2.05, 4.69) is 63.2 Å². The molecule has 142 valence electrons. The first-order valence-corrected chi connectivity index (χ1v) is 9.92. The van der Waals surface area contributed by atoms with Gasteiger partial charge in [-0.05, 0) is 46.9 Å².